The molecule has 1 heterocycles. The number of nitrogens with zero attached hydrogens (tertiary/aromatic N) is 1. The third kappa shape index (κ3) is 4.54. The van der Waals surface area contributed by atoms with Gasteiger partial charge in [-0.05, 0) is 42.7 Å². The molecule has 1 amide bonds. The summed E-state index contributed by atoms with van der Waals surface area (Å²) >= 11 is 0. The SMILES string of the molecule is CCCOc1ccc(/C(O)=C2/C(=O)C(=O)N(CCCOC)C2c2ccccc2)cc1. The Balaban J connectivity index is 2.00. The predicted octanol–water partition coefficient (Wildman–Crippen LogP) is 3.93. The zero-order valence-electron chi connectivity index (χ0n) is 17.3. The lowest BCUT2D eigenvalue weighted by Gasteiger charge is -2.25. The number of carbonyl (C=O) groups is 2. The van der Waals surface area contributed by atoms with Crippen LogP contribution >= 0.6 is 0 Å². The van der Waals surface area contributed by atoms with Gasteiger partial charge in [0.25, 0.3) is 11.7 Å². The van der Waals surface area contributed by atoms with Gasteiger partial charge in [0, 0.05) is 25.8 Å². The molecule has 2 aromatic rings. The molecule has 0 radical (unpaired) electrons. The zero-order chi connectivity index (χ0) is 21.5. The molecule has 1 unspecified atom stereocenters. The topological polar surface area (TPSA) is 76.1 Å². The van der Waals surface area contributed by atoms with Crippen molar-refractivity contribution in [3.63, 3.8) is 0 Å². The average molecular weight is 409 g/mol. The Kier molecular flexibility index (Phi) is 7.25. The van der Waals surface area contributed by atoms with Gasteiger partial charge in [0.15, 0.2) is 0 Å². The van der Waals surface area contributed by atoms with Crippen LogP contribution < -0.4 is 4.74 Å². The smallest absolute Gasteiger partial charge is 0.295 e. The monoisotopic (exact) mass is 409 g/mol. The van der Waals surface area contributed by atoms with E-state index in [2.05, 4.69) is 0 Å². The van der Waals surface area contributed by atoms with Crippen molar-refractivity contribution in [3.05, 3.63) is 71.3 Å². The van der Waals surface area contributed by atoms with Gasteiger partial charge < -0.3 is 19.5 Å². The van der Waals surface area contributed by atoms with E-state index in [-0.39, 0.29) is 11.3 Å². The van der Waals surface area contributed by atoms with Crippen molar-refractivity contribution in [2.45, 2.75) is 25.8 Å². The number of aliphatic hydroxyl groups is 1. The van der Waals surface area contributed by atoms with Crippen molar-refractivity contribution < 1.29 is 24.2 Å². The van der Waals surface area contributed by atoms with Gasteiger partial charge in [-0.3, -0.25) is 9.59 Å². The minimum Gasteiger partial charge on any atom is -0.507 e. The molecule has 158 valence electrons. The molecule has 1 atom stereocenters. The van der Waals surface area contributed by atoms with E-state index in [9.17, 15) is 14.7 Å². The van der Waals surface area contributed by atoms with Crippen molar-refractivity contribution in [1.29, 1.82) is 0 Å². The van der Waals surface area contributed by atoms with Crippen LogP contribution in [-0.4, -0.2) is 48.6 Å². The first kappa shape index (κ1) is 21.6. The number of likely N-dealkylation sites (tertiary alicyclic amines) is 1. The number of methoxy groups -OCH3 is 1. The Labute approximate surface area is 176 Å². The highest BCUT2D eigenvalue weighted by Crippen LogP contribution is 2.39. The van der Waals surface area contributed by atoms with Gasteiger partial charge in [-0.2, -0.15) is 0 Å². The molecule has 0 spiro atoms. The molecular weight excluding hydrogens is 382 g/mol. The summed E-state index contributed by atoms with van der Waals surface area (Å²) in [5.74, 6) is -0.777. The molecule has 1 aliphatic rings. The van der Waals surface area contributed by atoms with Crippen LogP contribution in [0.25, 0.3) is 5.76 Å². The van der Waals surface area contributed by atoms with E-state index >= 15 is 0 Å². The van der Waals surface area contributed by atoms with Crippen LogP contribution in [0.2, 0.25) is 0 Å². The highest BCUT2D eigenvalue weighted by atomic mass is 16.5. The Hall–Kier alpha value is -3.12. The van der Waals surface area contributed by atoms with E-state index in [4.69, 9.17) is 9.47 Å². The summed E-state index contributed by atoms with van der Waals surface area (Å²) in [5.41, 5.74) is 1.35. The molecule has 1 N–H and O–H groups in total. The summed E-state index contributed by atoms with van der Waals surface area (Å²) < 4.78 is 10.7. The van der Waals surface area contributed by atoms with Crippen molar-refractivity contribution in [2.75, 3.05) is 26.9 Å². The predicted molar refractivity (Wildman–Crippen MR) is 114 cm³/mol. The minimum absolute atomic E-state index is 0.103. The first-order valence-electron chi connectivity index (χ1n) is 10.1. The van der Waals surface area contributed by atoms with Crippen molar-refractivity contribution in [3.8, 4) is 5.75 Å². The lowest BCUT2D eigenvalue weighted by Crippen LogP contribution is -2.31. The van der Waals surface area contributed by atoms with Gasteiger partial charge in [0.05, 0.1) is 18.2 Å². The van der Waals surface area contributed by atoms with E-state index in [0.717, 1.165) is 12.0 Å². The Morgan fingerprint density at radius 3 is 2.37 bits per heavy atom. The molecule has 0 bridgehead atoms. The molecule has 6 nitrogen and oxygen atoms in total. The van der Waals surface area contributed by atoms with E-state index in [1.807, 2.05) is 37.3 Å². The number of amides is 1. The third-order valence-electron chi connectivity index (χ3n) is 5.00. The first-order valence-corrected chi connectivity index (χ1v) is 10.1. The summed E-state index contributed by atoms with van der Waals surface area (Å²) in [6, 6.07) is 15.5. The minimum atomic E-state index is -0.676. The van der Waals surface area contributed by atoms with E-state index < -0.39 is 17.7 Å². The quantitative estimate of drug-likeness (QED) is 0.294. The lowest BCUT2D eigenvalue weighted by molar-refractivity contribution is -0.140. The maximum Gasteiger partial charge on any atom is 0.295 e. The summed E-state index contributed by atoms with van der Waals surface area (Å²) in [5, 5.41) is 11.0. The maximum atomic E-state index is 12.9. The second-order valence-electron chi connectivity index (χ2n) is 7.12. The normalized spacial score (nSPS) is 18.1. The average Bonchev–Trinajstić information content (AvgIpc) is 3.03. The fraction of sp³-hybridized carbons (Fsp3) is 0.333. The first-order chi connectivity index (χ1) is 14.6. The fourth-order valence-corrected chi connectivity index (χ4v) is 3.56. The maximum absolute atomic E-state index is 12.9. The zero-order valence-corrected chi connectivity index (χ0v) is 17.3. The summed E-state index contributed by atoms with van der Waals surface area (Å²) in [4.78, 5) is 27.2. The van der Waals surface area contributed by atoms with Crippen LogP contribution in [0.15, 0.2) is 60.2 Å². The van der Waals surface area contributed by atoms with Gasteiger partial charge in [-0.1, -0.05) is 37.3 Å². The number of benzene rings is 2. The van der Waals surface area contributed by atoms with Gasteiger partial charge in [-0.15, -0.1) is 0 Å². The highest BCUT2D eigenvalue weighted by Gasteiger charge is 2.45. The second-order valence-corrected chi connectivity index (χ2v) is 7.12. The second kappa shape index (κ2) is 10.1. The van der Waals surface area contributed by atoms with Gasteiger partial charge in [0.1, 0.15) is 11.5 Å². The van der Waals surface area contributed by atoms with E-state index in [1.54, 1.807) is 31.4 Å². The van der Waals surface area contributed by atoms with Crippen LogP contribution in [-0.2, 0) is 14.3 Å². The van der Waals surface area contributed by atoms with Crippen LogP contribution in [0.5, 0.6) is 5.75 Å². The number of Topliss-reactive ketones (excluding diaryl/α,β-unsaturated/α-hetero) is 1. The van der Waals surface area contributed by atoms with Gasteiger partial charge >= 0.3 is 0 Å². The molecule has 1 aliphatic heterocycles. The van der Waals surface area contributed by atoms with Crippen LogP contribution in [0.1, 0.15) is 36.9 Å². The van der Waals surface area contributed by atoms with Gasteiger partial charge in [0.2, 0.25) is 0 Å². The molecule has 2 aromatic carbocycles. The fourth-order valence-electron chi connectivity index (χ4n) is 3.56. The molecule has 0 aromatic heterocycles. The molecule has 1 saturated heterocycles. The highest BCUT2D eigenvalue weighted by molar-refractivity contribution is 6.46. The summed E-state index contributed by atoms with van der Waals surface area (Å²) in [6.45, 7) is 3.46. The molecule has 3 rings (SSSR count). The Morgan fingerprint density at radius 2 is 1.73 bits per heavy atom. The number of ether oxygens (including phenoxy) is 2. The van der Waals surface area contributed by atoms with E-state index in [0.29, 0.717) is 37.5 Å². The lowest BCUT2D eigenvalue weighted by atomic mass is 9.95. The van der Waals surface area contributed by atoms with Crippen molar-refractivity contribution >= 4 is 17.4 Å². The van der Waals surface area contributed by atoms with Crippen LogP contribution in [0.3, 0.4) is 0 Å². The van der Waals surface area contributed by atoms with E-state index in [1.165, 1.54) is 4.90 Å². The van der Waals surface area contributed by atoms with Crippen molar-refractivity contribution in [2.24, 2.45) is 0 Å². The Bertz CT molecular complexity index is 905. The molecule has 6 heteroatoms. The number of carbonyl (C=O) groups excluding carboxylic acids is 2. The van der Waals surface area contributed by atoms with Gasteiger partial charge in [-0.25, -0.2) is 0 Å². The number of rotatable bonds is 9. The van der Waals surface area contributed by atoms with Crippen molar-refractivity contribution in [1.82, 2.24) is 4.90 Å². The standard InChI is InChI=1S/C24H27NO5/c1-3-15-30-19-12-10-18(11-13-19)22(26)20-21(17-8-5-4-6-9-17)25(14-7-16-29-2)24(28)23(20)27/h4-6,8-13,21,26H,3,7,14-16H2,1-2H3/b22-20-. The molecule has 30 heavy (non-hydrogen) atoms. The molecule has 0 aliphatic carbocycles. The number of hydrogen-bond donors (Lipinski definition) is 1. The molecular formula is C24H27NO5. The van der Waals surface area contributed by atoms with Crippen LogP contribution in [0.4, 0.5) is 0 Å². The number of ketones is 1. The third-order valence-corrected chi connectivity index (χ3v) is 5.00. The largest absolute Gasteiger partial charge is 0.507 e. The number of aliphatic hydroxyl groups excluding tert-OH is 1. The Morgan fingerprint density at radius 1 is 1.03 bits per heavy atom. The summed E-state index contributed by atoms with van der Waals surface area (Å²) in [7, 11) is 1.59. The van der Waals surface area contributed by atoms with Crippen LogP contribution in [0, 0.1) is 0 Å². The number of hydrogen-bond acceptors (Lipinski definition) is 5. The molecule has 0 saturated carbocycles. The summed E-state index contributed by atoms with van der Waals surface area (Å²) in [6.07, 6.45) is 1.49. The molecule has 1 fully saturated rings.